The quantitative estimate of drug-likeness (QED) is 0.479. The lowest BCUT2D eigenvalue weighted by Crippen LogP contribution is -2.20. The van der Waals surface area contributed by atoms with Gasteiger partial charge in [-0.2, -0.15) is 5.10 Å². The molecule has 144 valence electrons. The van der Waals surface area contributed by atoms with Crippen molar-refractivity contribution in [3.05, 3.63) is 51.0 Å². The first-order valence-corrected chi connectivity index (χ1v) is 8.49. The summed E-state index contributed by atoms with van der Waals surface area (Å²) in [5.74, 6) is 0.277. The Morgan fingerprint density at radius 1 is 1.15 bits per heavy atom. The van der Waals surface area contributed by atoms with Crippen molar-refractivity contribution in [1.29, 1.82) is 0 Å². The zero-order valence-electron chi connectivity index (χ0n) is 14.6. The van der Waals surface area contributed by atoms with Gasteiger partial charge in [0.15, 0.2) is 11.5 Å². The van der Waals surface area contributed by atoms with E-state index in [9.17, 15) is 15.0 Å². The third-order valence-electron chi connectivity index (χ3n) is 3.68. The monoisotopic (exact) mass is 412 g/mol. The van der Waals surface area contributed by atoms with Crippen molar-refractivity contribution in [3.63, 3.8) is 0 Å². The van der Waals surface area contributed by atoms with Crippen LogP contribution in [-0.4, -0.2) is 36.6 Å². The first-order chi connectivity index (χ1) is 12.9. The Hall–Kier alpha value is -2.48. The van der Waals surface area contributed by atoms with Gasteiger partial charge in [0.05, 0.1) is 38.5 Å². The van der Waals surface area contributed by atoms with Gasteiger partial charge in [0.1, 0.15) is 5.75 Å². The number of methoxy groups -OCH3 is 2. The van der Waals surface area contributed by atoms with Crippen molar-refractivity contribution < 1.29 is 24.5 Å². The van der Waals surface area contributed by atoms with E-state index in [2.05, 4.69) is 10.5 Å². The van der Waals surface area contributed by atoms with E-state index in [1.807, 2.05) is 0 Å². The van der Waals surface area contributed by atoms with E-state index in [0.29, 0.717) is 27.6 Å². The van der Waals surface area contributed by atoms with Crippen molar-refractivity contribution in [2.75, 3.05) is 14.2 Å². The van der Waals surface area contributed by atoms with Gasteiger partial charge in [0.25, 0.3) is 0 Å². The van der Waals surface area contributed by atoms with Crippen molar-refractivity contribution in [2.45, 2.75) is 13.0 Å². The lowest BCUT2D eigenvalue weighted by atomic mass is 10.0. The Labute approximate surface area is 166 Å². The molecule has 7 nitrogen and oxygen atoms in total. The van der Waals surface area contributed by atoms with E-state index in [1.54, 1.807) is 12.1 Å². The van der Waals surface area contributed by atoms with Gasteiger partial charge in [-0.15, -0.1) is 0 Å². The van der Waals surface area contributed by atoms with Gasteiger partial charge in [0, 0.05) is 10.6 Å². The van der Waals surface area contributed by atoms with Crippen LogP contribution in [0, 0.1) is 0 Å². The molecule has 9 heteroatoms. The number of hydrogen-bond acceptors (Lipinski definition) is 6. The van der Waals surface area contributed by atoms with E-state index in [1.165, 1.54) is 32.6 Å². The number of halogens is 2. The predicted molar refractivity (Wildman–Crippen MR) is 103 cm³/mol. The number of carbonyl (C=O) groups excluding carboxylic acids is 1. The summed E-state index contributed by atoms with van der Waals surface area (Å²) in [5.41, 5.74) is 3.70. The van der Waals surface area contributed by atoms with Crippen LogP contribution in [0.25, 0.3) is 0 Å². The third kappa shape index (κ3) is 5.26. The lowest BCUT2D eigenvalue weighted by Gasteiger charge is -2.13. The average Bonchev–Trinajstić information content (AvgIpc) is 2.65. The summed E-state index contributed by atoms with van der Waals surface area (Å²) < 4.78 is 10.4. The molecule has 0 heterocycles. The minimum atomic E-state index is -0.430. The summed E-state index contributed by atoms with van der Waals surface area (Å²) in [5, 5.41) is 23.6. The largest absolute Gasteiger partial charge is 0.506 e. The van der Waals surface area contributed by atoms with Crippen LogP contribution >= 0.6 is 23.2 Å². The van der Waals surface area contributed by atoms with Gasteiger partial charge in [0.2, 0.25) is 5.91 Å². The van der Waals surface area contributed by atoms with Gasteiger partial charge >= 0.3 is 0 Å². The number of rotatable bonds is 7. The smallest absolute Gasteiger partial charge is 0.244 e. The normalized spacial score (nSPS) is 10.9. The lowest BCUT2D eigenvalue weighted by molar-refractivity contribution is -0.120. The minimum Gasteiger partial charge on any atom is -0.506 e. The molecular weight excluding hydrogens is 395 g/mol. The molecule has 0 spiro atoms. The van der Waals surface area contributed by atoms with Crippen LogP contribution in [0.15, 0.2) is 29.4 Å². The van der Waals surface area contributed by atoms with E-state index in [4.69, 9.17) is 32.7 Å². The summed E-state index contributed by atoms with van der Waals surface area (Å²) in [4.78, 5) is 12.2. The molecule has 0 atom stereocenters. The van der Waals surface area contributed by atoms with Crippen molar-refractivity contribution >= 4 is 35.3 Å². The Morgan fingerprint density at radius 2 is 1.78 bits per heavy atom. The van der Waals surface area contributed by atoms with Crippen LogP contribution in [0.3, 0.4) is 0 Å². The molecule has 27 heavy (non-hydrogen) atoms. The van der Waals surface area contributed by atoms with Crippen LogP contribution in [-0.2, 0) is 17.8 Å². The fourth-order valence-corrected chi connectivity index (χ4v) is 2.85. The highest BCUT2D eigenvalue weighted by Crippen LogP contribution is 2.31. The van der Waals surface area contributed by atoms with E-state index >= 15 is 0 Å². The number of hydrazone groups is 1. The van der Waals surface area contributed by atoms with Crippen LogP contribution in [0.2, 0.25) is 10.0 Å². The molecule has 0 aliphatic carbocycles. The summed E-state index contributed by atoms with van der Waals surface area (Å²) in [6, 6.07) is 6.07. The second kappa shape index (κ2) is 9.45. The van der Waals surface area contributed by atoms with Crippen LogP contribution in [0.4, 0.5) is 0 Å². The van der Waals surface area contributed by atoms with Gasteiger partial charge < -0.3 is 19.7 Å². The molecule has 0 fully saturated rings. The Morgan fingerprint density at radius 3 is 2.37 bits per heavy atom. The second-order valence-corrected chi connectivity index (χ2v) is 6.27. The maximum Gasteiger partial charge on any atom is 0.244 e. The molecule has 1 amide bonds. The molecule has 0 saturated heterocycles. The Bertz CT molecular complexity index is 871. The molecule has 0 saturated carbocycles. The van der Waals surface area contributed by atoms with Gasteiger partial charge in [-0.05, 0) is 35.4 Å². The predicted octanol–water partition coefficient (Wildman–Crippen LogP) is 2.90. The third-order valence-corrected chi connectivity index (χ3v) is 4.18. The Balaban J connectivity index is 2.12. The number of nitrogens with zero attached hydrogens (tertiary/aromatic N) is 1. The van der Waals surface area contributed by atoms with Gasteiger partial charge in [-0.3, -0.25) is 4.79 Å². The molecule has 0 radical (unpaired) electrons. The van der Waals surface area contributed by atoms with Gasteiger partial charge in [-0.1, -0.05) is 23.2 Å². The molecule has 2 aromatic carbocycles. The zero-order valence-corrected chi connectivity index (χ0v) is 16.1. The molecule has 2 aromatic rings. The fourth-order valence-electron chi connectivity index (χ4n) is 2.35. The zero-order chi connectivity index (χ0) is 20.0. The molecule has 0 aromatic heterocycles. The number of aromatic hydroxyl groups is 1. The van der Waals surface area contributed by atoms with Crippen LogP contribution in [0.1, 0.15) is 16.7 Å². The SMILES string of the molecule is COc1cc(CO)c(CC(=O)N/N=C/c2cc(Cl)cc(Cl)c2O)cc1OC. The highest BCUT2D eigenvalue weighted by atomic mass is 35.5. The molecular formula is C18H18Cl2N2O5. The molecule has 0 aliphatic rings. The fraction of sp³-hybridized carbons (Fsp3) is 0.222. The van der Waals surface area contributed by atoms with Crippen LogP contribution in [0.5, 0.6) is 17.2 Å². The highest BCUT2D eigenvalue weighted by molar-refractivity contribution is 6.36. The summed E-state index contributed by atoms with van der Waals surface area (Å²) in [7, 11) is 2.96. The minimum absolute atomic E-state index is 0.0458. The number of nitrogens with one attached hydrogen (secondary N) is 1. The first kappa shape index (κ1) is 20.8. The number of carbonyl (C=O) groups is 1. The van der Waals surface area contributed by atoms with Crippen molar-refractivity contribution in [1.82, 2.24) is 5.43 Å². The van der Waals surface area contributed by atoms with E-state index < -0.39 is 5.91 Å². The number of phenols is 1. The number of ether oxygens (including phenoxy) is 2. The number of amides is 1. The number of phenolic OH excluding ortho intramolecular Hbond substituents is 1. The van der Waals surface area contributed by atoms with Crippen LogP contribution < -0.4 is 14.9 Å². The maximum atomic E-state index is 12.2. The van der Waals surface area contributed by atoms with E-state index in [0.717, 1.165) is 0 Å². The number of aliphatic hydroxyl groups is 1. The average molecular weight is 413 g/mol. The van der Waals surface area contributed by atoms with Crippen molar-refractivity contribution in [2.24, 2.45) is 5.10 Å². The van der Waals surface area contributed by atoms with Crippen molar-refractivity contribution in [3.8, 4) is 17.2 Å². The Kier molecular flexibility index (Phi) is 7.29. The standard InChI is InChI=1S/C18H18Cl2N2O5/c1-26-15-4-10(12(9-23)5-16(15)27-2)6-17(24)22-21-8-11-3-13(19)7-14(20)18(11)25/h3-5,7-8,23,25H,6,9H2,1-2H3,(H,22,24)/b21-8+. The number of benzene rings is 2. The molecule has 0 aliphatic heterocycles. The molecule has 3 N–H and O–H groups in total. The number of hydrogen-bond donors (Lipinski definition) is 3. The molecule has 0 unspecified atom stereocenters. The molecule has 0 bridgehead atoms. The van der Waals surface area contributed by atoms with Gasteiger partial charge in [-0.25, -0.2) is 5.43 Å². The summed E-state index contributed by atoms with van der Waals surface area (Å²) in [6.45, 7) is -0.263. The highest BCUT2D eigenvalue weighted by Gasteiger charge is 2.13. The summed E-state index contributed by atoms with van der Waals surface area (Å²) >= 11 is 11.7. The number of aliphatic hydroxyl groups excluding tert-OH is 1. The maximum absolute atomic E-state index is 12.2. The summed E-state index contributed by atoms with van der Waals surface area (Å²) in [6.07, 6.45) is 1.18. The van der Waals surface area contributed by atoms with E-state index in [-0.39, 0.29) is 29.4 Å². The first-order valence-electron chi connectivity index (χ1n) is 7.74. The second-order valence-electron chi connectivity index (χ2n) is 5.43. The topological polar surface area (TPSA) is 100 Å². The molecule has 2 rings (SSSR count).